The molecule has 2 aromatic carbocycles. The molecule has 0 bridgehead atoms. The third kappa shape index (κ3) is 5.56. The zero-order valence-corrected chi connectivity index (χ0v) is 19.6. The van der Waals surface area contributed by atoms with E-state index in [1.165, 1.54) is 30.9 Å². The second-order valence-corrected chi connectivity index (χ2v) is 7.92. The van der Waals surface area contributed by atoms with E-state index in [4.69, 9.17) is 16.3 Å². The number of hydrogen-bond acceptors (Lipinski definition) is 7. The summed E-state index contributed by atoms with van der Waals surface area (Å²) in [6, 6.07) is 17.0. The maximum absolute atomic E-state index is 12.8. The Hall–Kier alpha value is -4.44. The summed E-state index contributed by atoms with van der Waals surface area (Å²) in [5.41, 5.74) is 0.459. The van der Waals surface area contributed by atoms with Gasteiger partial charge in [0.05, 0.1) is 6.54 Å². The second-order valence-electron chi connectivity index (χ2n) is 7.48. The molecule has 0 aliphatic heterocycles. The van der Waals surface area contributed by atoms with Gasteiger partial charge in [0.25, 0.3) is 5.91 Å². The summed E-state index contributed by atoms with van der Waals surface area (Å²) in [6.07, 6.45) is 1.48. The fourth-order valence-electron chi connectivity index (χ4n) is 3.19. The number of carbonyl (C=O) groups excluding carboxylic acids is 1. The average Bonchev–Trinajstić information content (AvgIpc) is 2.87. The van der Waals surface area contributed by atoms with E-state index in [-0.39, 0.29) is 24.1 Å². The number of amides is 1. The smallest absolute Gasteiger partial charge is 0.354 e. The summed E-state index contributed by atoms with van der Waals surface area (Å²) < 4.78 is 8.11. The van der Waals surface area contributed by atoms with Gasteiger partial charge in [-0.25, -0.2) is 14.2 Å². The Kier molecular flexibility index (Phi) is 6.93. The molecule has 0 aliphatic rings. The highest BCUT2D eigenvalue weighted by atomic mass is 35.5. The highest BCUT2D eigenvalue weighted by molar-refractivity contribution is 6.30. The van der Waals surface area contributed by atoms with E-state index in [1.807, 2.05) is 0 Å². The molecule has 0 spiro atoms. The molecule has 35 heavy (non-hydrogen) atoms. The molecule has 0 unspecified atom stereocenters. The van der Waals surface area contributed by atoms with Gasteiger partial charge in [0.2, 0.25) is 5.95 Å². The van der Waals surface area contributed by atoms with Crippen molar-refractivity contribution in [1.82, 2.24) is 24.4 Å². The standard InChI is InChI=1S/C24H21ClN6O4/c1-26-21(32)20-13-19(11-12-27-20)35-18-9-7-17(8-10-18)28-22-29-23(33)30(2)24(34)31(22)14-15-3-5-16(25)6-4-15/h3-13H,14H2,1-2H3,(H,26,32)(H,28,29,33). The van der Waals surface area contributed by atoms with Crippen molar-refractivity contribution in [3.8, 4) is 11.5 Å². The number of nitrogens with one attached hydrogen (secondary N) is 2. The van der Waals surface area contributed by atoms with Crippen LogP contribution in [-0.4, -0.2) is 32.1 Å². The van der Waals surface area contributed by atoms with Gasteiger partial charge in [-0.15, -0.1) is 0 Å². The maximum Gasteiger partial charge on any atom is 0.354 e. The summed E-state index contributed by atoms with van der Waals surface area (Å²) in [6.45, 7) is 0.191. The Morgan fingerprint density at radius 3 is 2.43 bits per heavy atom. The predicted octanol–water partition coefficient (Wildman–Crippen LogP) is 2.93. The third-order valence-corrected chi connectivity index (χ3v) is 5.31. The quantitative estimate of drug-likeness (QED) is 0.407. The number of halogens is 1. The molecule has 11 heteroatoms. The van der Waals surface area contributed by atoms with Crippen molar-refractivity contribution in [3.05, 3.63) is 104 Å². The van der Waals surface area contributed by atoms with E-state index < -0.39 is 11.4 Å². The fourth-order valence-corrected chi connectivity index (χ4v) is 3.31. The molecule has 0 atom stereocenters. The summed E-state index contributed by atoms with van der Waals surface area (Å²) >= 11 is 5.95. The molecule has 178 valence electrons. The van der Waals surface area contributed by atoms with Gasteiger partial charge >= 0.3 is 11.4 Å². The first-order chi connectivity index (χ1) is 16.8. The lowest BCUT2D eigenvalue weighted by molar-refractivity contribution is 0.0958. The molecule has 4 aromatic rings. The molecule has 0 saturated carbocycles. The van der Waals surface area contributed by atoms with Gasteiger partial charge in [0.15, 0.2) is 0 Å². The number of rotatable bonds is 7. The minimum absolute atomic E-state index is 0.103. The third-order valence-electron chi connectivity index (χ3n) is 5.05. The van der Waals surface area contributed by atoms with Crippen molar-refractivity contribution in [2.75, 3.05) is 12.4 Å². The summed E-state index contributed by atoms with van der Waals surface area (Å²) in [7, 11) is 2.90. The molecule has 0 fully saturated rings. The molecule has 1 amide bonds. The minimum atomic E-state index is -0.672. The van der Waals surface area contributed by atoms with Crippen LogP contribution in [0.2, 0.25) is 5.02 Å². The molecule has 0 saturated heterocycles. The summed E-state index contributed by atoms with van der Waals surface area (Å²) in [5, 5.41) is 6.12. The number of nitrogens with zero attached hydrogens (tertiary/aromatic N) is 4. The van der Waals surface area contributed by atoms with Gasteiger partial charge in [-0.3, -0.25) is 14.3 Å². The van der Waals surface area contributed by atoms with Crippen LogP contribution in [-0.2, 0) is 13.6 Å². The van der Waals surface area contributed by atoms with Crippen LogP contribution in [0.3, 0.4) is 0 Å². The number of aromatic nitrogens is 4. The van der Waals surface area contributed by atoms with Crippen molar-refractivity contribution in [2.45, 2.75) is 6.54 Å². The molecule has 2 heterocycles. The van der Waals surface area contributed by atoms with Crippen LogP contribution in [0, 0.1) is 0 Å². The fraction of sp³-hybridized carbons (Fsp3) is 0.125. The number of hydrogen-bond donors (Lipinski definition) is 2. The van der Waals surface area contributed by atoms with Crippen LogP contribution in [0.1, 0.15) is 16.1 Å². The van der Waals surface area contributed by atoms with E-state index in [0.29, 0.717) is 22.2 Å². The lowest BCUT2D eigenvalue weighted by atomic mass is 10.2. The van der Waals surface area contributed by atoms with E-state index in [1.54, 1.807) is 54.6 Å². The first kappa shape index (κ1) is 23.7. The molecule has 4 rings (SSSR count). The Labute approximate surface area is 204 Å². The van der Waals surface area contributed by atoms with Crippen molar-refractivity contribution in [2.24, 2.45) is 7.05 Å². The minimum Gasteiger partial charge on any atom is -0.457 e. The van der Waals surface area contributed by atoms with Crippen LogP contribution in [0.15, 0.2) is 76.4 Å². The Balaban J connectivity index is 1.56. The predicted molar refractivity (Wildman–Crippen MR) is 132 cm³/mol. The normalized spacial score (nSPS) is 10.6. The van der Waals surface area contributed by atoms with Crippen LogP contribution < -0.4 is 26.7 Å². The van der Waals surface area contributed by atoms with Gasteiger partial charge < -0.3 is 15.4 Å². The molecule has 0 aliphatic carbocycles. The number of carbonyl (C=O) groups is 1. The second kappa shape index (κ2) is 10.2. The van der Waals surface area contributed by atoms with E-state index in [0.717, 1.165) is 10.1 Å². The average molecular weight is 493 g/mol. The molecule has 10 nitrogen and oxygen atoms in total. The largest absolute Gasteiger partial charge is 0.457 e. The lowest BCUT2D eigenvalue weighted by Gasteiger charge is -2.15. The number of anilines is 2. The topological polar surface area (TPSA) is 120 Å². The van der Waals surface area contributed by atoms with Gasteiger partial charge in [-0.1, -0.05) is 23.7 Å². The molecular formula is C24H21ClN6O4. The zero-order chi connectivity index (χ0) is 24.9. The van der Waals surface area contributed by atoms with Gasteiger partial charge in [-0.2, -0.15) is 4.98 Å². The molecule has 2 N–H and O–H groups in total. The van der Waals surface area contributed by atoms with Crippen molar-refractivity contribution >= 4 is 29.1 Å². The Morgan fingerprint density at radius 1 is 1.03 bits per heavy atom. The van der Waals surface area contributed by atoms with E-state index in [9.17, 15) is 14.4 Å². The van der Waals surface area contributed by atoms with Gasteiger partial charge in [-0.05, 0) is 48.0 Å². The molecule has 0 radical (unpaired) electrons. The van der Waals surface area contributed by atoms with Crippen molar-refractivity contribution < 1.29 is 9.53 Å². The maximum atomic E-state index is 12.8. The first-order valence-corrected chi connectivity index (χ1v) is 10.9. The molecule has 2 aromatic heterocycles. The van der Waals surface area contributed by atoms with Crippen LogP contribution in [0.25, 0.3) is 0 Å². The first-order valence-electron chi connectivity index (χ1n) is 10.5. The Bertz CT molecular complexity index is 1480. The van der Waals surface area contributed by atoms with E-state index in [2.05, 4.69) is 20.6 Å². The van der Waals surface area contributed by atoms with Crippen molar-refractivity contribution in [1.29, 1.82) is 0 Å². The van der Waals surface area contributed by atoms with Gasteiger partial charge in [0, 0.05) is 37.1 Å². The van der Waals surface area contributed by atoms with Crippen LogP contribution >= 0.6 is 11.6 Å². The monoisotopic (exact) mass is 492 g/mol. The SMILES string of the molecule is CNC(=O)c1cc(Oc2ccc(Nc3nc(=O)n(C)c(=O)n3Cc3ccc(Cl)cc3)cc2)ccn1. The van der Waals surface area contributed by atoms with Gasteiger partial charge in [0.1, 0.15) is 17.2 Å². The highest BCUT2D eigenvalue weighted by Gasteiger charge is 2.12. The highest BCUT2D eigenvalue weighted by Crippen LogP contribution is 2.24. The van der Waals surface area contributed by atoms with Crippen molar-refractivity contribution in [3.63, 3.8) is 0 Å². The summed E-state index contributed by atoms with van der Waals surface area (Å²) in [4.78, 5) is 44.8. The number of benzene rings is 2. The zero-order valence-electron chi connectivity index (χ0n) is 18.9. The van der Waals surface area contributed by atoms with Crippen LogP contribution in [0.4, 0.5) is 11.6 Å². The van der Waals surface area contributed by atoms with Crippen LogP contribution in [0.5, 0.6) is 11.5 Å². The number of pyridine rings is 1. The van der Waals surface area contributed by atoms with E-state index >= 15 is 0 Å². The Morgan fingerprint density at radius 2 is 1.74 bits per heavy atom. The lowest BCUT2D eigenvalue weighted by Crippen LogP contribution is -2.41. The molecular weight excluding hydrogens is 472 g/mol. The summed E-state index contributed by atoms with van der Waals surface area (Å²) in [5.74, 6) is 0.747. The number of ether oxygens (including phenoxy) is 1.